The quantitative estimate of drug-likeness (QED) is 0.893. The summed E-state index contributed by atoms with van der Waals surface area (Å²) in [6.45, 7) is 4.40. The molecule has 2 aromatic rings. The lowest BCUT2D eigenvalue weighted by atomic mass is 10.2. The second kappa shape index (κ2) is 5.80. The number of nitrogen functional groups attached to an aromatic ring is 1. The molecule has 0 aliphatic heterocycles. The molecule has 0 radical (unpaired) electrons. The third-order valence-electron chi connectivity index (χ3n) is 2.56. The molecule has 0 aliphatic carbocycles. The summed E-state index contributed by atoms with van der Waals surface area (Å²) >= 11 is 6.17. The molecule has 4 nitrogen and oxygen atoms in total. The topological polar surface area (TPSA) is 60.2 Å². The molecule has 0 amide bonds. The summed E-state index contributed by atoms with van der Waals surface area (Å²) in [4.78, 5) is 4.30. The van der Waals surface area contributed by atoms with Crippen LogP contribution in [-0.4, -0.2) is 11.6 Å². The second-order valence-electron chi connectivity index (χ2n) is 4.13. The summed E-state index contributed by atoms with van der Waals surface area (Å²) in [5.41, 5.74) is 8.20. The number of halogens is 1. The predicted octanol–water partition coefficient (Wildman–Crippen LogP) is 3.77. The molecule has 1 aromatic heterocycles. The molecule has 100 valence electrons. The summed E-state index contributed by atoms with van der Waals surface area (Å²) < 4.78 is 5.36. The Morgan fingerprint density at radius 2 is 2.11 bits per heavy atom. The van der Waals surface area contributed by atoms with E-state index < -0.39 is 0 Å². The fourth-order valence-electron chi connectivity index (χ4n) is 1.63. The van der Waals surface area contributed by atoms with Crippen LogP contribution in [0.2, 0.25) is 5.02 Å². The van der Waals surface area contributed by atoms with E-state index >= 15 is 0 Å². The first-order valence-corrected chi connectivity index (χ1v) is 6.40. The first kappa shape index (κ1) is 13.5. The van der Waals surface area contributed by atoms with Gasteiger partial charge in [-0.3, -0.25) is 0 Å². The summed E-state index contributed by atoms with van der Waals surface area (Å²) in [5, 5.41) is 3.80. The highest BCUT2D eigenvalue weighted by molar-refractivity contribution is 6.33. The van der Waals surface area contributed by atoms with E-state index in [1.807, 2.05) is 32.0 Å². The van der Waals surface area contributed by atoms with E-state index in [-0.39, 0.29) is 0 Å². The van der Waals surface area contributed by atoms with Crippen molar-refractivity contribution in [3.8, 4) is 5.88 Å². The summed E-state index contributed by atoms with van der Waals surface area (Å²) in [5.74, 6) is 1.07. The van der Waals surface area contributed by atoms with Crippen molar-refractivity contribution >= 4 is 28.8 Å². The molecule has 5 heteroatoms. The van der Waals surface area contributed by atoms with Gasteiger partial charge in [0.15, 0.2) is 0 Å². The monoisotopic (exact) mass is 277 g/mol. The van der Waals surface area contributed by atoms with Crippen LogP contribution in [0.4, 0.5) is 17.2 Å². The van der Waals surface area contributed by atoms with Crippen molar-refractivity contribution in [2.75, 3.05) is 17.7 Å². The number of ether oxygens (including phenoxy) is 1. The van der Waals surface area contributed by atoms with Crippen molar-refractivity contribution < 1.29 is 4.74 Å². The number of aromatic nitrogens is 1. The summed E-state index contributed by atoms with van der Waals surface area (Å²) in [6.07, 6.45) is 0. The maximum Gasteiger partial charge on any atom is 0.239 e. The lowest BCUT2D eigenvalue weighted by molar-refractivity contribution is 0.329. The highest BCUT2D eigenvalue weighted by atomic mass is 35.5. The lowest BCUT2D eigenvalue weighted by Gasteiger charge is -2.11. The first-order chi connectivity index (χ1) is 9.10. The maximum absolute atomic E-state index is 6.17. The molecule has 0 bridgehead atoms. The summed E-state index contributed by atoms with van der Waals surface area (Å²) in [6, 6.07) is 9.33. The van der Waals surface area contributed by atoms with Crippen LogP contribution in [0, 0.1) is 6.92 Å². The van der Waals surface area contributed by atoms with Crippen molar-refractivity contribution in [3.63, 3.8) is 0 Å². The van der Waals surface area contributed by atoms with Gasteiger partial charge in [-0.25, -0.2) is 0 Å². The molecule has 0 fully saturated rings. The lowest BCUT2D eigenvalue weighted by Crippen LogP contribution is -2.02. The van der Waals surface area contributed by atoms with Gasteiger partial charge in [0.1, 0.15) is 5.82 Å². The van der Waals surface area contributed by atoms with Crippen LogP contribution in [0.15, 0.2) is 30.3 Å². The minimum absolute atomic E-state index is 0.427. The Kier molecular flexibility index (Phi) is 4.12. The van der Waals surface area contributed by atoms with Crippen LogP contribution in [0.25, 0.3) is 0 Å². The van der Waals surface area contributed by atoms with Crippen molar-refractivity contribution in [2.24, 2.45) is 0 Å². The number of pyridine rings is 1. The molecule has 2 rings (SSSR count). The van der Waals surface area contributed by atoms with E-state index in [1.54, 1.807) is 12.1 Å². The molecule has 1 aromatic carbocycles. The zero-order valence-corrected chi connectivity index (χ0v) is 11.7. The number of hydrogen-bond donors (Lipinski definition) is 2. The number of anilines is 3. The normalized spacial score (nSPS) is 10.3. The van der Waals surface area contributed by atoms with Crippen LogP contribution >= 0.6 is 11.6 Å². The molecule has 0 unspecified atom stereocenters. The van der Waals surface area contributed by atoms with Gasteiger partial charge in [-0.15, -0.1) is 0 Å². The Labute approximate surface area is 117 Å². The average Bonchev–Trinajstić information content (AvgIpc) is 2.37. The second-order valence-corrected chi connectivity index (χ2v) is 4.54. The Morgan fingerprint density at radius 1 is 1.32 bits per heavy atom. The third-order valence-corrected chi connectivity index (χ3v) is 2.87. The van der Waals surface area contributed by atoms with Gasteiger partial charge in [-0.2, -0.15) is 4.98 Å². The van der Waals surface area contributed by atoms with Gasteiger partial charge >= 0.3 is 0 Å². The Balaban J connectivity index is 2.25. The number of hydrogen-bond acceptors (Lipinski definition) is 4. The Bertz CT molecular complexity index is 587. The number of nitrogens with zero attached hydrogens (tertiary/aromatic N) is 1. The van der Waals surface area contributed by atoms with Gasteiger partial charge < -0.3 is 15.8 Å². The van der Waals surface area contributed by atoms with Gasteiger partial charge in [0.05, 0.1) is 23.0 Å². The molecule has 1 heterocycles. The van der Waals surface area contributed by atoms with E-state index in [0.717, 1.165) is 11.3 Å². The molecule has 0 spiro atoms. The smallest absolute Gasteiger partial charge is 0.239 e. The fraction of sp³-hybridized carbons (Fsp3) is 0.214. The van der Waals surface area contributed by atoms with Gasteiger partial charge in [-0.1, -0.05) is 17.7 Å². The molecule has 3 N–H and O–H groups in total. The Hall–Kier alpha value is -1.94. The highest BCUT2D eigenvalue weighted by Crippen LogP contribution is 2.28. The van der Waals surface area contributed by atoms with Crippen molar-refractivity contribution in [1.82, 2.24) is 4.98 Å². The zero-order chi connectivity index (χ0) is 13.8. The molecular formula is C14H16ClN3O. The number of aryl methyl sites for hydroxylation is 1. The summed E-state index contributed by atoms with van der Waals surface area (Å²) in [7, 11) is 0. The SMILES string of the molecule is CCOc1nc(Nc2ccc(C)cc2Cl)ccc1N. The van der Waals surface area contributed by atoms with Gasteiger partial charge in [0.25, 0.3) is 0 Å². The maximum atomic E-state index is 6.17. The van der Waals surface area contributed by atoms with E-state index in [2.05, 4.69) is 10.3 Å². The number of benzene rings is 1. The van der Waals surface area contributed by atoms with Gasteiger partial charge in [0.2, 0.25) is 5.88 Å². The molecule has 0 saturated heterocycles. The van der Waals surface area contributed by atoms with E-state index in [1.165, 1.54) is 0 Å². The number of rotatable bonds is 4. The molecule has 19 heavy (non-hydrogen) atoms. The zero-order valence-electron chi connectivity index (χ0n) is 10.9. The highest BCUT2D eigenvalue weighted by Gasteiger charge is 2.06. The predicted molar refractivity (Wildman–Crippen MR) is 79.3 cm³/mol. The van der Waals surface area contributed by atoms with Gasteiger partial charge in [0, 0.05) is 0 Å². The minimum Gasteiger partial charge on any atom is -0.476 e. The average molecular weight is 278 g/mol. The van der Waals surface area contributed by atoms with Crippen molar-refractivity contribution in [2.45, 2.75) is 13.8 Å². The molecule has 0 saturated carbocycles. The van der Waals surface area contributed by atoms with Crippen molar-refractivity contribution in [1.29, 1.82) is 0 Å². The van der Waals surface area contributed by atoms with Crippen LogP contribution in [0.5, 0.6) is 5.88 Å². The van der Waals surface area contributed by atoms with Crippen LogP contribution < -0.4 is 15.8 Å². The van der Waals surface area contributed by atoms with E-state index in [9.17, 15) is 0 Å². The number of nitrogens with two attached hydrogens (primary N) is 1. The van der Waals surface area contributed by atoms with Crippen LogP contribution in [0.1, 0.15) is 12.5 Å². The first-order valence-electron chi connectivity index (χ1n) is 6.02. The van der Waals surface area contributed by atoms with E-state index in [0.29, 0.717) is 29.0 Å². The molecule has 0 aliphatic rings. The minimum atomic E-state index is 0.427. The molecule has 0 atom stereocenters. The third kappa shape index (κ3) is 3.29. The van der Waals surface area contributed by atoms with Crippen molar-refractivity contribution in [3.05, 3.63) is 40.9 Å². The van der Waals surface area contributed by atoms with Crippen LogP contribution in [0.3, 0.4) is 0 Å². The van der Waals surface area contributed by atoms with Gasteiger partial charge in [-0.05, 0) is 43.7 Å². The van der Waals surface area contributed by atoms with E-state index in [4.69, 9.17) is 22.1 Å². The fourth-order valence-corrected chi connectivity index (χ4v) is 1.91. The Morgan fingerprint density at radius 3 is 2.79 bits per heavy atom. The van der Waals surface area contributed by atoms with Crippen LogP contribution in [-0.2, 0) is 0 Å². The molecular weight excluding hydrogens is 262 g/mol. The standard InChI is InChI=1S/C14H16ClN3O/c1-3-19-14-11(16)5-7-13(18-14)17-12-6-4-9(2)8-10(12)15/h4-8H,3,16H2,1-2H3,(H,17,18). The largest absolute Gasteiger partial charge is 0.476 e. The number of nitrogens with one attached hydrogen (secondary N) is 1.